The minimum absolute atomic E-state index is 0.299. The highest BCUT2D eigenvalue weighted by molar-refractivity contribution is 5.78. The van der Waals surface area contributed by atoms with Crippen molar-refractivity contribution in [1.29, 1.82) is 0 Å². The smallest absolute Gasteiger partial charge is 0.236 e. The van der Waals surface area contributed by atoms with Crippen molar-refractivity contribution in [3.05, 3.63) is 53.6 Å². The third-order valence-corrected chi connectivity index (χ3v) is 7.83. The Kier molecular flexibility index (Phi) is 6.98. The number of ether oxygens (including phenoxy) is 1. The molecule has 5 heteroatoms. The standard InChI is InChI=1S/C28H37N3O2/c1-33-27-10-6-5-9-26(27)23-11-12-24-20-29(14-13-22(24)19-23)21-28(32)31-17-15-30(16-18-31)25-7-3-2-4-8-25/h5-6,9-12,19,25H,2-4,7-8,13-18,20-21H2,1H3. The molecule has 0 atom stereocenters. The number of fused-ring (bicyclic) bond motifs is 1. The van der Waals surface area contributed by atoms with Crippen molar-refractivity contribution in [3.63, 3.8) is 0 Å². The molecule has 0 radical (unpaired) electrons. The highest BCUT2D eigenvalue weighted by atomic mass is 16.5. The average molecular weight is 448 g/mol. The van der Waals surface area contributed by atoms with E-state index in [1.807, 2.05) is 12.1 Å². The van der Waals surface area contributed by atoms with Crippen LogP contribution >= 0.6 is 0 Å². The van der Waals surface area contributed by atoms with Crippen molar-refractivity contribution in [3.8, 4) is 16.9 Å². The van der Waals surface area contributed by atoms with Gasteiger partial charge in [-0.25, -0.2) is 0 Å². The summed E-state index contributed by atoms with van der Waals surface area (Å²) in [6, 6.07) is 15.7. The molecule has 5 rings (SSSR count). The predicted octanol–water partition coefficient (Wildman–Crippen LogP) is 4.20. The SMILES string of the molecule is COc1ccccc1-c1ccc2c(c1)CCN(CC(=O)N1CCN(C3CCCCC3)CC1)C2. The van der Waals surface area contributed by atoms with Gasteiger partial charge in [-0.05, 0) is 42.0 Å². The van der Waals surface area contributed by atoms with Crippen LogP contribution < -0.4 is 4.74 Å². The first-order valence-corrected chi connectivity index (χ1v) is 12.7. The fourth-order valence-electron chi connectivity index (χ4n) is 5.87. The summed E-state index contributed by atoms with van der Waals surface area (Å²) in [7, 11) is 1.72. The topological polar surface area (TPSA) is 36.0 Å². The quantitative estimate of drug-likeness (QED) is 0.688. The normalized spacial score (nSPS) is 20.5. The largest absolute Gasteiger partial charge is 0.496 e. The van der Waals surface area contributed by atoms with Crippen LogP contribution in [0.15, 0.2) is 42.5 Å². The molecule has 1 saturated carbocycles. The number of hydrogen-bond donors (Lipinski definition) is 0. The summed E-state index contributed by atoms with van der Waals surface area (Å²) in [4.78, 5) is 20.1. The molecule has 3 aliphatic rings. The second-order valence-electron chi connectivity index (χ2n) is 9.85. The van der Waals surface area contributed by atoms with Gasteiger partial charge in [0.1, 0.15) is 5.75 Å². The zero-order valence-electron chi connectivity index (χ0n) is 20.0. The van der Waals surface area contributed by atoms with Gasteiger partial charge in [0.2, 0.25) is 5.91 Å². The maximum absolute atomic E-state index is 13.0. The second kappa shape index (κ2) is 10.3. The summed E-state index contributed by atoms with van der Waals surface area (Å²) in [5.41, 5.74) is 5.07. The molecule has 0 spiro atoms. The Morgan fingerprint density at radius 3 is 2.52 bits per heavy atom. The Hall–Kier alpha value is -2.37. The zero-order valence-corrected chi connectivity index (χ0v) is 20.0. The highest BCUT2D eigenvalue weighted by Gasteiger charge is 2.28. The molecule has 1 amide bonds. The summed E-state index contributed by atoms with van der Waals surface area (Å²) < 4.78 is 5.55. The number of hydrogen-bond acceptors (Lipinski definition) is 4. The number of amides is 1. The van der Waals surface area contributed by atoms with E-state index < -0.39 is 0 Å². The molecule has 2 aromatic carbocycles. The van der Waals surface area contributed by atoms with Crippen LogP contribution in [0.1, 0.15) is 43.2 Å². The minimum atomic E-state index is 0.299. The Bertz CT molecular complexity index is 961. The fourth-order valence-corrected chi connectivity index (χ4v) is 5.87. The fraction of sp³-hybridized carbons (Fsp3) is 0.536. The summed E-state index contributed by atoms with van der Waals surface area (Å²) in [5.74, 6) is 1.21. The molecule has 0 N–H and O–H groups in total. The van der Waals surface area contributed by atoms with Gasteiger partial charge in [0.05, 0.1) is 13.7 Å². The van der Waals surface area contributed by atoms with Crippen molar-refractivity contribution in [1.82, 2.24) is 14.7 Å². The molecule has 0 unspecified atom stereocenters. The predicted molar refractivity (Wildman–Crippen MR) is 132 cm³/mol. The first kappa shape index (κ1) is 22.4. The molecule has 2 aromatic rings. The molecular formula is C28H37N3O2. The molecule has 0 bridgehead atoms. The van der Waals surface area contributed by atoms with Crippen molar-refractivity contribution in [2.24, 2.45) is 0 Å². The van der Waals surface area contributed by atoms with Crippen LogP contribution in [-0.2, 0) is 17.8 Å². The molecule has 0 aromatic heterocycles. The van der Waals surface area contributed by atoms with Gasteiger partial charge in [-0.1, -0.05) is 55.7 Å². The lowest BCUT2D eigenvalue weighted by Gasteiger charge is -2.41. The molecule has 1 saturated heterocycles. The minimum Gasteiger partial charge on any atom is -0.496 e. The number of piperazine rings is 1. The summed E-state index contributed by atoms with van der Waals surface area (Å²) in [6.07, 6.45) is 7.83. The lowest BCUT2D eigenvalue weighted by atomic mass is 9.93. The molecule has 2 aliphatic heterocycles. The number of carbonyl (C=O) groups excluding carboxylic acids is 1. The summed E-state index contributed by atoms with van der Waals surface area (Å²) in [6.45, 7) is 6.21. The maximum Gasteiger partial charge on any atom is 0.236 e. The Balaban J connectivity index is 1.16. The van der Waals surface area contributed by atoms with E-state index in [-0.39, 0.29) is 0 Å². The molecular weight excluding hydrogens is 410 g/mol. The van der Waals surface area contributed by atoms with E-state index in [0.717, 1.165) is 63.0 Å². The van der Waals surface area contributed by atoms with Crippen LogP contribution in [0.3, 0.4) is 0 Å². The van der Waals surface area contributed by atoms with E-state index in [1.54, 1.807) is 7.11 Å². The first-order valence-electron chi connectivity index (χ1n) is 12.7. The summed E-state index contributed by atoms with van der Waals surface area (Å²) in [5, 5.41) is 0. The summed E-state index contributed by atoms with van der Waals surface area (Å²) >= 11 is 0. The number of nitrogens with zero attached hydrogens (tertiary/aromatic N) is 3. The van der Waals surface area contributed by atoms with Gasteiger partial charge in [0, 0.05) is 50.9 Å². The number of carbonyl (C=O) groups is 1. The van der Waals surface area contributed by atoms with E-state index in [0.29, 0.717) is 12.5 Å². The van der Waals surface area contributed by atoms with Gasteiger partial charge in [0.15, 0.2) is 0 Å². The lowest BCUT2D eigenvalue weighted by molar-refractivity contribution is -0.134. The Labute approximate surface area is 198 Å². The van der Waals surface area contributed by atoms with Gasteiger partial charge >= 0.3 is 0 Å². The number of para-hydroxylation sites is 1. The number of methoxy groups -OCH3 is 1. The lowest BCUT2D eigenvalue weighted by Crippen LogP contribution is -2.54. The van der Waals surface area contributed by atoms with Gasteiger partial charge in [-0.15, -0.1) is 0 Å². The molecule has 33 heavy (non-hydrogen) atoms. The van der Waals surface area contributed by atoms with E-state index in [2.05, 4.69) is 45.0 Å². The van der Waals surface area contributed by atoms with Gasteiger partial charge in [-0.3, -0.25) is 14.6 Å². The zero-order chi connectivity index (χ0) is 22.6. The van der Waals surface area contributed by atoms with E-state index >= 15 is 0 Å². The van der Waals surface area contributed by atoms with E-state index in [1.165, 1.54) is 48.8 Å². The number of rotatable bonds is 5. The third-order valence-electron chi connectivity index (χ3n) is 7.83. The van der Waals surface area contributed by atoms with E-state index in [9.17, 15) is 4.79 Å². The van der Waals surface area contributed by atoms with Crippen LogP contribution in [-0.4, -0.2) is 73.0 Å². The Morgan fingerprint density at radius 2 is 1.73 bits per heavy atom. The molecule has 176 valence electrons. The number of benzene rings is 2. The van der Waals surface area contributed by atoms with Crippen LogP contribution in [0, 0.1) is 0 Å². The van der Waals surface area contributed by atoms with Gasteiger partial charge in [-0.2, -0.15) is 0 Å². The second-order valence-corrected chi connectivity index (χ2v) is 9.85. The molecule has 5 nitrogen and oxygen atoms in total. The van der Waals surface area contributed by atoms with Crippen LogP contribution in [0.4, 0.5) is 0 Å². The van der Waals surface area contributed by atoms with Crippen molar-refractivity contribution in [2.75, 3.05) is 46.4 Å². The maximum atomic E-state index is 13.0. The molecule has 2 fully saturated rings. The molecule has 1 aliphatic carbocycles. The van der Waals surface area contributed by atoms with E-state index in [4.69, 9.17) is 4.74 Å². The van der Waals surface area contributed by atoms with Crippen molar-refractivity contribution >= 4 is 5.91 Å². The van der Waals surface area contributed by atoms with Crippen LogP contribution in [0.25, 0.3) is 11.1 Å². The average Bonchev–Trinajstić information content (AvgIpc) is 2.89. The third kappa shape index (κ3) is 5.10. The van der Waals surface area contributed by atoms with Crippen LogP contribution in [0.5, 0.6) is 5.75 Å². The van der Waals surface area contributed by atoms with Gasteiger partial charge in [0.25, 0.3) is 0 Å². The Morgan fingerprint density at radius 1 is 0.939 bits per heavy atom. The first-order chi connectivity index (χ1) is 16.2. The van der Waals surface area contributed by atoms with Crippen molar-refractivity contribution in [2.45, 2.75) is 51.1 Å². The van der Waals surface area contributed by atoms with Crippen LogP contribution in [0.2, 0.25) is 0 Å². The molecule has 2 heterocycles. The van der Waals surface area contributed by atoms with Crippen molar-refractivity contribution < 1.29 is 9.53 Å². The van der Waals surface area contributed by atoms with Gasteiger partial charge < -0.3 is 9.64 Å². The monoisotopic (exact) mass is 447 g/mol. The highest BCUT2D eigenvalue weighted by Crippen LogP contribution is 2.32.